The van der Waals surface area contributed by atoms with Gasteiger partial charge in [-0.1, -0.05) is 36.4 Å². The molecule has 2 aromatic carbocycles. The summed E-state index contributed by atoms with van der Waals surface area (Å²) in [5.41, 5.74) is 5.01. The number of aromatic amines is 1. The van der Waals surface area contributed by atoms with Crippen molar-refractivity contribution in [2.75, 3.05) is 7.11 Å². The number of methoxy groups -OCH3 is 1. The number of aromatic nitrogens is 1. The molecular weight excluding hydrogens is 260 g/mol. The van der Waals surface area contributed by atoms with Gasteiger partial charge < -0.3 is 15.0 Å². The molecule has 3 heteroatoms. The number of benzene rings is 2. The van der Waals surface area contributed by atoms with Crippen molar-refractivity contribution < 1.29 is 4.74 Å². The maximum atomic E-state index is 5.24. The molecule has 3 aromatic rings. The minimum absolute atomic E-state index is 0.659. The molecule has 3 nitrogen and oxygen atoms in total. The maximum absolute atomic E-state index is 5.24. The molecular formula is C18H20N2O. The van der Waals surface area contributed by atoms with E-state index in [-0.39, 0.29) is 0 Å². The predicted octanol–water partition coefficient (Wildman–Crippen LogP) is 3.60. The topological polar surface area (TPSA) is 37.0 Å². The Hall–Kier alpha value is -2.10. The summed E-state index contributed by atoms with van der Waals surface area (Å²) >= 11 is 0. The van der Waals surface area contributed by atoms with E-state index in [1.54, 1.807) is 7.11 Å². The first-order chi connectivity index (χ1) is 10.4. The quantitative estimate of drug-likeness (QED) is 0.724. The van der Waals surface area contributed by atoms with Gasteiger partial charge in [-0.15, -0.1) is 0 Å². The molecule has 0 bridgehead atoms. The highest BCUT2D eigenvalue weighted by Crippen LogP contribution is 2.14. The summed E-state index contributed by atoms with van der Waals surface area (Å²) in [7, 11) is 1.73. The van der Waals surface area contributed by atoms with E-state index in [0.29, 0.717) is 6.61 Å². The second-order valence-electron chi connectivity index (χ2n) is 5.20. The van der Waals surface area contributed by atoms with Crippen LogP contribution in [-0.4, -0.2) is 12.1 Å². The van der Waals surface area contributed by atoms with Crippen molar-refractivity contribution in [2.45, 2.75) is 19.7 Å². The lowest BCUT2D eigenvalue weighted by Gasteiger charge is -2.10. The van der Waals surface area contributed by atoms with Crippen LogP contribution in [0.3, 0.4) is 0 Å². The minimum atomic E-state index is 0.659. The maximum Gasteiger partial charge on any atom is 0.0716 e. The third kappa shape index (κ3) is 3.32. The second kappa shape index (κ2) is 6.57. The summed E-state index contributed by atoms with van der Waals surface area (Å²) in [6, 6.07) is 17.0. The van der Waals surface area contributed by atoms with Crippen molar-refractivity contribution in [3.8, 4) is 0 Å². The number of fused-ring (bicyclic) bond motifs is 1. The zero-order chi connectivity index (χ0) is 14.5. The van der Waals surface area contributed by atoms with Gasteiger partial charge in [-0.3, -0.25) is 0 Å². The summed E-state index contributed by atoms with van der Waals surface area (Å²) < 4.78 is 5.24. The van der Waals surface area contributed by atoms with Crippen LogP contribution < -0.4 is 5.32 Å². The van der Waals surface area contributed by atoms with Crippen LogP contribution in [0.1, 0.15) is 16.7 Å². The zero-order valence-electron chi connectivity index (χ0n) is 12.2. The summed E-state index contributed by atoms with van der Waals surface area (Å²) in [6.45, 7) is 2.37. The first-order valence-electron chi connectivity index (χ1n) is 7.19. The smallest absolute Gasteiger partial charge is 0.0716 e. The second-order valence-corrected chi connectivity index (χ2v) is 5.20. The molecule has 0 aliphatic heterocycles. The third-order valence-electron chi connectivity index (χ3n) is 3.68. The predicted molar refractivity (Wildman–Crippen MR) is 86.0 cm³/mol. The molecule has 0 saturated heterocycles. The first-order valence-corrected chi connectivity index (χ1v) is 7.19. The molecule has 0 radical (unpaired) electrons. The Labute approximate surface area is 125 Å². The molecule has 0 aliphatic carbocycles. The molecule has 0 unspecified atom stereocenters. The number of hydrogen-bond donors (Lipinski definition) is 2. The van der Waals surface area contributed by atoms with Crippen LogP contribution >= 0.6 is 0 Å². The Morgan fingerprint density at radius 1 is 1.00 bits per heavy atom. The van der Waals surface area contributed by atoms with E-state index in [4.69, 9.17) is 4.74 Å². The fourth-order valence-corrected chi connectivity index (χ4v) is 2.57. The molecule has 3 rings (SSSR count). The SMILES string of the molecule is COCc1ccccc1CNCc1ccc2cc[nH]c2c1. The highest BCUT2D eigenvalue weighted by molar-refractivity contribution is 5.79. The molecule has 1 aromatic heterocycles. The van der Waals surface area contributed by atoms with E-state index in [1.807, 2.05) is 6.20 Å². The Morgan fingerprint density at radius 3 is 2.71 bits per heavy atom. The van der Waals surface area contributed by atoms with Crippen molar-refractivity contribution >= 4 is 10.9 Å². The summed E-state index contributed by atoms with van der Waals surface area (Å²) in [6.07, 6.45) is 1.98. The normalized spacial score (nSPS) is 11.1. The fourth-order valence-electron chi connectivity index (χ4n) is 2.57. The average molecular weight is 280 g/mol. The summed E-state index contributed by atoms with van der Waals surface area (Å²) in [5.74, 6) is 0. The van der Waals surface area contributed by atoms with Gasteiger partial charge in [0.1, 0.15) is 0 Å². The Morgan fingerprint density at radius 2 is 1.86 bits per heavy atom. The molecule has 0 amide bonds. The molecule has 1 heterocycles. The van der Waals surface area contributed by atoms with Crippen molar-refractivity contribution in [1.82, 2.24) is 10.3 Å². The number of rotatable bonds is 6. The minimum Gasteiger partial charge on any atom is -0.380 e. The van der Waals surface area contributed by atoms with Crippen LogP contribution in [0.2, 0.25) is 0 Å². The monoisotopic (exact) mass is 280 g/mol. The standard InChI is InChI=1S/C18H20N2O/c1-21-13-17-5-3-2-4-16(17)12-19-11-14-6-7-15-8-9-20-18(15)10-14/h2-10,19-20H,11-13H2,1H3. The van der Waals surface area contributed by atoms with E-state index < -0.39 is 0 Å². The first kappa shape index (κ1) is 13.9. The molecule has 0 aliphatic rings. The Bertz CT molecular complexity index is 718. The fraction of sp³-hybridized carbons (Fsp3) is 0.222. The van der Waals surface area contributed by atoms with E-state index in [2.05, 4.69) is 58.8 Å². The number of ether oxygens (including phenoxy) is 1. The van der Waals surface area contributed by atoms with Crippen LogP contribution in [0.4, 0.5) is 0 Å². The highest BCUT2D eigenvalue weighted by Gasteiger charge is 2.02. The van der Waals surface area contributed by atoms with Gasteiger partial charge in [0.05, 0.1) is 6.61 Å². The lowest BCUT2D eigenvalue weighted by Crippen LogP contribution is -2.14. The Balaban J connectivity index is 1.63. The van der Waals surface area contributed by atoms with Gasteiger partial charge in [-0.2, -0.15) is 0 Å². The molecule has 2 N–H and O–H groups in total. The van der Waals surface area contributed by atoms with Gasteiger partial charge in [-0.25, -0.2) is 0 Å². The zero-order valence-corrected chi connectivity index (χ0v) is 12.2. The molecule has 0 atom stereocenters. The lowest BCUT2D eigenvalue weighted by molar-refractivity contribution is 0.184. The highest BCUT2D eigenvalue weighted by atomic mass is 16.5. The van der Waals surface area contributed by atoms with Gasteiger partial charge in [0.2, 0.25) is 0 Å². The lowest BCUT2D eigenvalue weighted by atomic mass is 10.1. The van der Waals surface area contributed by atoms with Crippen molar-refractivity contribution in [3.63, 3.8) is 0 Å². The third-order valence-corrected chi connectivity index (χ3v) is 3.68. The molecule has 108 valence electrons. The molecule has 0 saturated carbocycles. The van der Waals surface area contributed by atoms with Crippen molar-refractivity contribution in [1.29, 1.82) is 0 Å². The van der Waals surface area contributed by atoms with Gasteiger partial charge in [0.15, 0.2) is 0 Å². The van der Waals surface area contributed by atoms with Crippen LogP contribution in [-0.2, 0) is 24.4 Å². The van der Waals surface area contributed by atoms with Crippen LogP contribution in [0.15, 0.2) is 54.7 Å². The van der Waals surface area contributed by atoms with E-state index in [0.717, 1.165) is 13.1 Å². The van der Waals surface area contributed by atoms with Crippen LogP contribution in [0.5, 0.6) is 0 Å². The summed E-state index contributed by atoms with van der Waals surface area (Å²) in [4.78, 5) is 3.25. The van der Waals surface area contributed by atoms with Gasteiger partial charge in [0, 0.05) is 31.9 Å². The van der Waals surface area contributed by atoms with E-state index >= 15 is 0 Å². The number of H-pyrrole nitrogens is 1. The number of nitrogens with one attached hydrogen (secondary N) is 2. The van der Waals surface area contributed by atoms with E-state index in [9.17, 15) is 0 Å². The molecule has 0 fully saturated rings. The molecule has 0 spiro atoms. The van der Waals surface area contributed by atoms with Gasteiger partial charge in [0.25, 0.3) is 0 Å². The Kier molecular flexibility index (Phi) is 4.34. The largest absolute Gasteiger partial charge is 0.380 e. The summed E-state index contributed by atoms with van der Waals surface area (Å²) in [5, 5.41) is 4.76. The van der Waals surface area contributed by atoms with Crippen molar-refractivity contribution in [2.24, 2.45) is 0 Å². The van der Waals surface area contributed by atoms with Crippen LogP contribution in [0, 0.1) is 0 Å². The van der Waals surface area contributed by atoms with Crippen molar-refractivity contribution in [3.05, 3.63) is 71.4 Å². The van der Waals surface area contributed by atoms with Gasteiger partial charge >= 0.3 is 0 Å². The average Bonchev–Trinajstić information content (AvgIpc) is 2.97. The molecule has 21 heavy (non-hydrogen) atoms. The van der Waals surface area contributed by atoms with Gasteiger partial charge in [-0.05, 0) is 34.2 Å². The number of hydrogen-bond acceptors (Lipinski definition) is 2. The van der Waals surface area contributed by atoms with Crippen LogP contribution in [0.25, 0.3) is 10.9 Å². The van der Waals surface area contributed by atoms with E-state index in [1.165, 1.54) is 27.6 Å².